The number of rotatable bonds is 10. The molecule has 0 saturated heterocycles. The Labute approximate surface area is 98.6 Å². The molecule has 0 amide bonds. The molecule has 0 aromatic carbocycles. The quantitative estimate of drug-likeness (QED) is 0.539. The van der Waals surface area contributed by atoms with E-state index in [4.69, 9.17) is 4.74 Å². The van der Waals surface area contributed by atoms with Crippen LogP contribution in [0.1, 0.15) is 40.0 Å². The third kappa shape index (κ3) is 8.60. The highest BCUT2D eigenvalue weighted by Crippen LogP contribution is 2.12. The molecule has 3 nitrogen and oxygen atoms in total. The lowest BCUT2D eigenvalue weighted by atomic mass is 10.00. The maximum atomic E-state index is 10.4. The average molecular weight is 228 g/mol. The molecule has 1 unspecified atom stereocenters. The van der Waals surface area contributed by atoms with Crippen molar-refractivity contribution in [1.82, 2.24) is 0 Å². The van der Waals surface area contributed by atoms with Gasteiger partial charge in [0.25, 0.3) is 0 Å². The maximum Gasteiger partial charge on any atom is 0.120 e. The van der Waals surface area contributed by atoms with E-state index >= 15 is 0 Å². The second-order valence-corrected chi connectivity index (χ2v) is 4.94. The third-order valence-electron chi connectivity index (χ3n) is 2.49. The van der Waals surface area contributed by atoms with Crippen LogP contribution in [-0.4, -0.2) is 25.8 Å². The zero-order valence-electron chi connectivity index (χ0n) is 10.6. The van der Waals surface area contributed by atoms with Crippen molar-refractivity contribution in [2.45, 2.75) is 40.0 Å². The van der Waals surface area contributed by atoms with E-state index in [0.717, 1.165) is 19.0 Å². The van der Waals surface area contributed by atoms with Crippen molar-refractivity contribution in [1.29, 1.82) is 0 Å². The summed E-state index contributed by atoms with van der Waals surface area (Å²) in [4.78, 5) is 20.7. The summed E-state index contributed by atoms with van der Waals surface area (Å²) in [5.41, 5.74) is 0. The van der Waals surface area contributed by atoms with Gasteiger partial charge in [-0.2, -0.15) is 0 Å². The Morgan fingerprint density at radius 1 is 1.00 bits per heavy atom. The number of ether oxygens (including phenoxy) is 1. The zero-order valence-corrected chi connectivity index (χ0v) is 10.6. The van der Waals surface area contributed by atoms with Gasteiger partial charge in [-0.3, -0.25) is 0 Å². The molecule has 1 atom stereocenters. The number of carbonyl (C=O) groups is 2. The van der Waals surface area contributed by atoms with E-state index in [2.05, 4.69) is 20.8 Å². The molecule has 0 aliphatic heterocycles. The second-order valence-electron chi connectivity index (χ2n) is 4.94. The molecule has 94 valence electrons. The molecule has 0 aliphatic carbocycles. The van der Waals surface area contributed by atoms with Crippen LogP contribution in [0.25, 0.3) is 0 Å². The first kappa shape index (κ1) is 15.3. The standard InChI is InChI=1S/C13H24O3/c1-11(2)8-12(3)9-16-10-13(4-6-14)5-7-15/h6-7,11-13H,4-5,8-10H2,1-3H3. The highest BCUT2D eigenvalue weighted by molar-refractivity contribution is 5.54. The first-order chi connectivity index (χ1) is 7.60. The molecule has 0 aromatic rings. The van der Waals surface area contributed by atoms with Gasteiger partial charge in [-0.25, -0.2) is 0 Å². The monoisotopic (exact) mass is 228 g/mol. The van der Waals surface area contributed by atoms with E-state index in [9.17, 15) is 9.59 Å². The largest absolute Gasteiger partial charge is 0.381 e. The van der Waals surface area contributed by atoms with Crippen molar-refractivity contribution < 1.29 is 14.3 Å². The van der Waals surface area contributed by atoms with Gasteiger partial charge in [-0.15, -0.1) is 0 Å². The van der Waals surface area contributed by atoms with Gasteiger partial charge in [-0.1, -0.05) is 20.8 Å². The first-order valence-electron chi connectivity index (χ1n) is 6.05. The lowest BCUT2D eigenvalue weighted by molar-refractivity contribution is -0.111. The van der Waals surface area contributed by atoms with Crippen LogP contribution < -0.4 is 0 Å². The Morgan fingerprint density at radius 2 is 1.56 bits per heavy atom. The van der Waals surface area contributed by atoms with Crippen molar-refractivity contribution in [3.63, 3.8) is 0 Å². The fourth-order valence-corrected chi connectivity index (χ4v) is 1.81. The third-order valence-corrected chi connectivity index (χ3v) is 2.49. The molecular formula is C13H24O3. The predicted molar refractivity (Wildman–Crippen MR) is 64.3 cm³/mol. The molecule has 0 aliphatic rings. The molecule has 0 radical (unpaired) electrons. The van der Waals surface area contributed by atoms with Crippen LogP contribution in [0.15, 0.2) is 0 Å². The predicted octanol–water partition coefficient (Wildman–Crippen LogP) is 2.48. The Morgan fingerprint density at radius 3 is 2.00 bits per heavy atom. The van der Waals surface area contributed by atoms with Crippen molar-refractivity contribution in [2.24, 2.45) is 17.8 Å². The lowest BCUT2D eigenvalue weighted by Crippen LogP contribution is -2.15. The topological polar surface area (TPSA) is 43.4 Å². The Kier molecular flexibility index (Phi) is 9.10. The van der Waals surface area contributed by atoms with E-state index in [1.165, 1.54) is 0 Å². The van der Waals surface area contributed by atoms with Crippen molar-refractivity contribution in [3.05, 3.63) is 0 Å². The van der Waals surface area contributed by atoms with Gasteiger partial charge in [0.2, 0.25) is 0 Å². The van der Waals surface area contributed by atoms with Gasteiger partial charge in [-0.05, 0) is 24.2 Å². The van der Waals surface area contributed by atoms with Crippen LogP contribution in [0.2, 0.25) is 0 Å². The van der Waals surface area contributed by atoms with Crippen molar-refractivity contribution in [3.8, 4) is 0 Å². The summed E-state index contributed by atoms with van der Waals surface area (Å²) in [5.74, 6) is 1.27. The van der Waals surface area contributed by atoms with Gasteiger partial charge in [0.15, 0.2) is 0 Å². The van der Waals surface area contributed by atoms with Crippen LogP contribution in [0, 0.1) is 17.8 Å². The van der Waals surface area contributed by atoms with Gasteiger partial charge in [0.05, 0.1) is 6.61 Å². The summed E-state index contributed by atoms with van der Waals surface area (Å²) in [6.07, 6.45) is 3.69. The summed E-state index contributed by atoms with van der Waals surface area (Å²) in [6, 6.07) is 0. The molecule has 0 fully saturated rings. The normalized spacial score (nSPS) is 13.1. The summed E-state index contributed by atoms with van der Waals surface area (Å²) >= 11 is 0. The van der Waals surface area contributed by atoms with E-state index < -0.39 is 0 Å². The first-order valence-corrected chi connectivity index (χ1v) is 6.05. The fraction of sp³-hybridized carbons (Fsp3) is 0.846. The maximum absolute atomic E-state index is 10.4. The van der Waals surface area contributed by atoms with Crippen LogP contribution in [0.3, 0.4) is 0 Å². The Hall–Kier alpha value is -0.700. The van der Waals surface area contributed by atoms with E-state index in [1.807, 2.05) is 0 Å². The van der Waals surface area contributed by atoms with Gasteiger partial charge >= 0.3 is 0 Å². The molecule has 0 spiro atoms. The van der Waals surface area contributed by atoms with Crippen LogP contribution >= 0.6 is 0 Å². The van der Waals surface area contributed by atoms with Crippen LogP contribution in [-0.2, 0) is 14.3 Å². The summed E-state index contributed by atoms with van der Waals surface area (Å²) in [7, 11) is 0. The minimum atomic E-state index is 0.0567. The van der Waals surface area contributed by atoms with Gasteiger partial charge < -0.3 is 14.3 Å². The molecule has 0 heterocycles. The second kappa shape index (κ2) is 9.52. The number of carbonyl (C=O) groups excluding carboxylic acids is 2. The number of aldehydes is 2. The minimum Gasteiger partial charge on any atom is -0.381 e. The highest BCUT2D eigenvalue weighted by atomic mass is 16.5. The molecule has 3 heteroatoms. The van der Waals surface area contributed by atoms with Crippen molar-refractivity contribution >= 4 is 12.6 Å². The van der Waals surface area contributed by atoms with E-state index in [0.29, 0.717) is 37.9 Å². The summed E-state index contributed by atoms with van der Waals surface area (Å²) in [5, 5.41) is 0. The van der Waals surface area contributed by atoms with Crippen LogP contribution in [0.4, 0.5) is 0 Å². The zero-order chi connectivity index (χ0) is 12.4. The lowest BCUT2D eigenvalue weighted by Gasteiger charge is -2.16. The minimum absolute atomic E-state index is 0.0567. The summed E-state index contributed by atoms with van der Waals surface area (Å²) < 4.78 is 5.55. The SMILES string of the molecule is CC(C)CC(C)COCC(CC=O)CC=O. The van der Waals surface area contributed by atoms with Crippen molar-refractivity contribution in [2.75, 3.05) is 13.2 Å². The molecular weight excluding hydrogens is 204 g/mol. The molecule has 0 bridgehead atoms. The number of hydrogen-bond donors (Lipinski definition) is 0. The van der Waals surface area contributed by atoms with Gasteiger partial charge in [0.1, 0.15) is 12.6 Å². The van der Waals surface area contributed by atoms with E-state index in [-0.39, 0.29) is 5.92 Å². The van der Waals surface area contributed by atoms with Gasteiger partial charge in [0, 0.05) is 19.4 Å². The summed E-state index contributed by atoms with van der Waals surface area (Å²) in [6.45, 7) is 7.77. The van der Waals surface area contributed by atoms with E-state index in [1.54, 1.807) is 0 Å². The van der Waals surface area contributed by atoms with Crippen LogP contribution in [0.5, 0.6) is 0 Å². The molecule has 16 heavy (non-hydrogen) atoms. The number of hydrogen-bond acceptors (Lipinski definition) is 3. The average Bonchev–Trinajstić information content (AvgIpc) is 2.17. The molecule has 0 aromatic heterocycles. The molecule has 0 N–H and O–H groups in total. The Balaban J connectivity index is 3.67. The Bertz CT molecular complexity index is 180. The highest BCUT2D eigenvalue weighted by Gasteiger charge is 2.10. The molecule has 0 saturated carbocycles. The molecule has 0 rings (SSSR count). The fourth-order valence-electron chi connectivity index (χ4n) is 1.81. The smallest absolute Gasteiger partial charge is 0.120 e.